The van der Waals surface area contributed by atoms with Crippen molar-refractivity contribution >= 4 is 33.3 Å². The molecule has 1 aromatic heterocycles. The summed E-state index contributed by atoms with van der Waals surface area (Å²) in [6.45, 7) is 1.17. The Morgan fingerprint density at radius 3 is 2.48 bits per heavy atom. The zero-order valence-corrected chi connectivity index (χ0v) is 16.3. The van der Waals surface area contributed by atoms with Crippen molar-refractivity contribution in [2.24, 2.45) is 5.92 Å². The molecule has 1 saturated heterocycles. The lowest BCUT2D eigenvalue weighted by Crippen LogP contribution is -2.41. The molecular weight excluding hydrogens is 423 g/mol. The van der Waals surface area contributed by atoms with Gasteiger partial charge >= 0.3 is 6.18 Å². The fourth-order valence-electron chi connectivity index (χ4n) is 3.18. The number of pyridine rings is 1. The average Bonchev–Trinajstić information content (AvgIpc) is 2.66. The first-order chi connectivity index (χ1) is 12.8. The second-order valence-electron chi connectivity index (χ2n) is 6.54. The zero-order chi connectivity index (χ0) is 19.6. The normalized spacial score (nSPS) is 15.7. The Morgan fingerprint density at radius 1 is 1.22 bits per heavy atom. The van der Waals surface area contributed by atoms with Gasteiger partial charge in [-0.25, -0.2) is 4.98 Å². The number of piperidine rings is 1. The molecule has 0 aliphatic carbocycles. The molecular formula is C19H19BrF3N3O. The van der Waals surface area contributed by atoms with Crippen LogP contribution in [-0.4, -0.2) is 31.0 Å². The fourth-order valence-corrected chi connectivity index (χ4v) is 3.57. The van der Waals surface area contributed by atoms with Gasteiger partial charge in [-0.3, -0.25) is 4.79 Å². The standard InChI is InChI=1S/C19H19BrF3N3O/c1-25(16-4-2-3-15(20)11-16)18(27)13-7-9-26(10-8-13)17-6-5-14(12-24-17)19(21,22)23/h2-6,11-13H,7-10H2,1H3. The monoisotopic (exact) mass is 441 g/mol. The van der Waals surface area contributed by atoms with Crippen LogP contribution in [0.15, 0.2) is 47.1 Å². The highest BCUT2D eigenvalue weighted by Crippen LogP contribution is 2.30. The molecule has 27 heavy (non-hydrogen) atoms. The van der Waals surface area contributed by atoms with E-state index in [1.165, 1.54) is 6.07 Å². The van der Waals surface area contributed by atoms with Crippen molar-refractivity contribution < 1.29 is 18.0 Å². The molecule has 0 unspecified atom stereocenters. The van der Waals surface area contributed by atoms with Crippen molar-refractivity contribution in [2.75, 3.05) is 29.9 Å². The molecule has 2 heterocycles. The summed E-state index contributed by atoms with van der Waals surface area (Å²) in [5.74, 6) is 0.446. The topological polar surface area (TPSA) is 36.4 Å². The highest BCUT2D eigenvalue weighted by Gasteiger charge is 2.32. The highest BCUT2D eigenvalue weighted by molar-refractivity contribution is 9.10. The Bertz CT molecular complexity index is 803. The van der Waals surface area contributed by atoms with E-state index in [0.717, 1.165) is 22.4 Å². The minimum absolute atomic E-state index is 0.0492. The van der Waals surface area contributed by atoms with E-state index in [1.54, 1.807) is 11.9 Å². The predicted octanol–water partition coefficient (Wildman–Crippen LogP) is 4.74. The van der Waals surface area contributed by atoms with Crippen LogP contribution >= 0.6 is 15.9 Å². The van der Waals surface area contributed by atoms with Gasteiger partial charge in [0.05, 0.1) is 5.56 Å². The minimum atomic E-state index is -4.39. The third-order valence-corrected chi connectivity index (χ3v) is 5.26. The quantitative estimate of drug-likeness (QED) is 0.689. The summed E-state index contributed by atoms with van der Waals surface area (Å²) < 4.78 is 38.8. The minimum Gasteiger partial charge on any atom is -0.357 e. The molecule has 3 rings (SSSR count). The van der Waals surface area contributed by atoms with Crippen LogP contribution in [0.3, 0.4) is 0 Å². The van der Waals surface area contributed by atoms with Crippen LogP contribution < -0.4 is 9.80 Å². The molecule has 2 aromatic rings. The molecule has 0 bridgehead atoms. The lowest BCUT2D eigenvalue weighted by atomic mass is 9.95. The Kier molecular flexibility index (Phi) is 5.74. The van der Waals surface area contributed by atoms with E-state index in [1.807, 2.05) is 29.2 Å². The number of amides is 1. The molecule has 0 radical (unpaired) electrons. The van der Waals surface area contributed by atoms with Gasteiger partial charge in [-0.15, -0.1) is 0 Å². The average molecular weight is 442 g/mol. The van der Waals surface area contributed by atoms with Crippen molar-refractivity contribution in [1.82, 2.24) is 4.98 Å². The summed E-state index contributed by atoms with van der Waals surface area (Å²) in [4.78, 5) is 20.3. The van der Waals surface area contributed by atoms with Gasteiger partial charge in [0.15, 0.2) is 0 Å². The van der Waals surface area contributed by atoms with E-state index in [4.69, 9.17) is 0 Å². The summed E-state index contributed by atoms with van der Waals surface area (Å²) in [5, 5.41) is 0. The van der Waals surface area contributed by atoms with Crippen molar-refractivity contribution in [3.8, 4) is 0 Å². The van der Waals surface area contributed by atoms with Crippen LogP contribution in [0.4, 0.5) is 24.7 Å². The van der Waals surface area contributed by atoms with Crippen molar-refractivity contribution in [1.29, 1.82) is 0 Å². The number of alkyl halides is 3. The Morgan fingerprint density at radius 2 is 1.93 bits per heavy atom. The van der Waals surface area contributed by atoms with Crippen LogP contribution in [0.25, 0.3) is 0 Å². The van der Waals surface area contributed by atoms with Crippen molar-refractivity contribution in [2.45, 2.75) is 19.0 Å². The molecule has 8 heteroatoms. The van der Waals surface area contributed by atoms with Gasteiger partial charge in [0, 0.05) is 42.4 Å². The molecule has 1 aliphatic heterocycles. The van der Waals surface area contributed by atoms with E-state index >= 15 is 0 Å². The van der Waals surface area contributed by atoms with Crippen molar-refractivity contribution in [3.05, 3.63) is 52.6 Å². The van der Waals surface area contributed by atoms with E-state index < -0.39 is 11.7 Å². The maximum atomic E-state index is 12.8. The largest absolute Gasteiger partial charge is 0.417 e. The first kappa shape index (κ1) is 19.7. The first-order valence-electron chi connectivity index (χ1n) is 8.57. The molecule has 1 fully saturated rings. The summed E-state index contributed by atoms with van der Waals surface area (Å²) in [6.07, 6.45) is -2.25. The van der Waals surface area contributed by atoms with Crippen LogP contribution in [0.5, 0.6) is 0 Å². The molecule has 1 aromatic carbocycles. The van der Waals surface area contributed by atoms with Crippen LogP contribution in [-0.2, 0) is 11.0 Å². The number of carbonyl (C=O) groups is 1. The summed E-state index contributed by atoms with van der Waals surface area (Å²) in [7, 11) is 1.76. The highest BCUT2D eigenvalue weighted by atomic mass is 79.9. The third-order valence-electron chi connectivity index (χ3n) is 4.77. The van der Waals surface area contributed by atoms with Gasteiger partial charge in [-0.2, -0.15) is 13.2 Å². The second kappa shape index (κ2) is 7.88. The van der Waals surface area contributed by atoms with Crippen molar-refractivity contribution in [3.63, 3.8) is 0 Å². The zero-order valence-electron chi connectivity index (χ0n) is 14.7. The van der Waals surface area contributed by atoms with E-state index in [-0.39, 0.29) is 11.8 Å². The van der Waals surface area contributed by atoms with Gasteiger partial charge in [0.1, 0.15) is 5.82 Å². The van der Waals surface area contributed by atoms with Crippen LogP contribution in [0.1, 0.15) is 18.4 Å². The molecule has 0 saturated carbocycles. The molecule has 0 spiro atoms. The molecule has 1 aliphatic rings. The number of hydrogen-bond donors (Lipinski definition) is 0. The van der Waals surface area contributed by atoms with Crippen LogP contribution in [0, 0.1) is 5.92 Å². The summed E-state index contributed by atoms with van der Waals surface area (Å²) >= 11 is 3.40. The van der Waals surface area contributed by atoms with Crippen LogP contribution in [0.2, 0.25) is 0 Å². The summed E-state index contributed by atoms with van der Waals surface area (Å²) in [6, 6.07) is 9.97. The van der Waals surface area contributed by atoms with Gasteiger partial charge in [0.2, 0.25) is 5.91 Å². The summed E-state index contributed by atoms with van der Waals surface area (Å²) in [5.41, 5.74) is 0.0631. The number of aromatic nitrogens is 1. The number of nitrogens with zero attached hydrogens (tertiary/aromatic N) is 3. The Labute approximate surface area is 164 Å². The Hall–Kier alpha value is -2.09. The third kappa shape index (κ3) is 4.61. The number of hydrogen-bond acceptors (Lipinski definition) is 3. The number of halogens is 4. The van der Waals surface area contributed by atoms with Gasteiger partial charge in [0.25, 0.3) is 0 Å². The number of carbonyl (C=O) groups excluding carboxylic acids is 1. The Balaban J connectivity index is 1.60. The molecule has 0 atom stereocenters. The van der Waals surface area contributed by atoms with E-state index in [9.17, 15) is 18.0 Å². The maximum absolute atomic E-state index is 12.8. The maximum Gasteiger partial charge on any atom is 0.417 e. The second-order valence-corrected chi connectivity index (χ2v) is 7.46. The smallest absolute Gasteiger partial charge is 0.357 e. The molecule has 144 valence electrons. The molecule has 0 N–H and O–H groups in total. The predicted molar refractivity (Wildman–Crippen MR) is 102 cm³/mol. The molecule has 1 amide bonds. The number of anilines is 2. The van der Waals surface area contributed by atoms with E-state index in [0.29, 0.717) is 31.7 Å². The van der Waals surface area contributed by atoms with Gasteiger partial charge in [-0.05, 0) is 43.2 Å². The SMILES string of the molecule is CN(C(=O)C1CCN(c2ccc(C(F)(F)F)cn2)CC1)c1cccc(Br)c1. The van der Waals surface area contributed by atoms with Gasteiger partial charge < -0.3 is 9.80 Å². The number of rotatable bonds is 3. The van der Waals surface area contributed by atoms with E-state index in [2.05, 4.69) is 20.9 Å². The fraction of sp³-hybridized carbons (Fsp3) is 0.368. The molecule has 4 nitrogen and oxygen atoms in total. The van der Waals surface area contributed by atoms with Gasteiger partial charge in [-0.1, -0.05) is 22.0 Å². The first-order valence-corrected chi connectivity index (χ1v) is 9.36. The number of benzene rings is 1. The lowest BCUT2D eigenvalue weighted by Gasteiger charge is -2.34. The lowest BCUT2D eigenvalue weighted by molar-refractivity contribution is -0.137.